The van der Waals surface area contributed by atoms with Gasteiger partial charge in [-0.05, 0) is 61.4 Å². The van der Waals surface area contributed by atoms with Crippen LogP contribution in [0.2, 0.25) is 0 Å². The van der Waals surface area contributed by atoms with E-state index in [1.54, 1.807) is 25.2 Å². The summed E-state index contributed by atoms with van der Waals surface area (Å²) in [6, 6.07) is 19.7. The van der Waals surface area contributed by atoms with Crippen LogP contribution in [-0.4, -0.2) is 62.0 Å². The third kappa shape index (κ3) is 7.15. The van der Waals surface area contributed by atoms with Crippen LogP contribution in [0, 0.1) is 0 Å². The fourth-order valence-corrected chi connectivity index (χ4v) is 5.11. The summed E-state index contributed by atoms with van der Waals surface area (Å²) in [6.07, 6.45) is 9.70. The number of carbonyl (C=O) groups excluding carboxylic acids is 1. The first-order valence-corrected chi connectivity index (χ1v) is 14.2. The summed E-state index contributed by atoms with van der Waals surface area (Å²) < 4.78 is 36.6. The largest absolute Gasteiger partial charge is 0.371 e. The highest BCUT2D eigenvalue weighted by Crippen LogP contribution is 2.36. The molecule has 4 unspecified atom stereocenters. The molecule has 0 N–H and O–H groups in total. The molecule has 8 nitrogen and oxygen atoms in total. The third-order valence-corrected chi connectivity index (χ3v) is 7.13. The van der Waals surface area contributed by atoms with Crippen LogP contribution in [0.25, 0.3) is 0 Å². The lowest BCUT2D eigenvalue weighted by Crippen LogP contribution is -2.49. The van der Waals surface area contributed by atoms with Crippen molar-refractivity contribution < 1.29 is 33.2 Å². The van der Waals surface area contributed by atoms with E-state index in [1.807, 2.05) is 105 Å². The number of benzene rings is 2. The average Bonchev–Trinajstić information content (AvgIpc) is 3.02. The summed E-state index contributed by atoms with van der Waals surface area (Å²) in [7, 11) is 3.18. The van der Waals surface area contributed by atoms with Crippen LogP contribution in [0.1, 0.15) is 31.9 Å². The Morgan fingerprint density at radius 3 is 1.79 bits per heavy atom. The number of allylic oxidation sites excluding steroid dienone is 2. The van der Waals surface area contributed by atoms with E-state index in [0.717, 1.165) is 11.1 Å². The highest BCUT2D eigenvalue weighted by molar-refractivity contribution is 5.79. The molecule has 0 heterocycles. The van der Waals surface area contributed by atoms with Gasteiger partial charge in [-0.15, -0.1) is 0 Å². The first-order chi connectivity index (χ1) is 20.4. The monoisotopic (exact) mass is 575 g/mol. The first-order valence-electron chi connectivity index (χ1n) is 14.2. The van der Waals surface area contributed by atoms with E-state index < -0.39 is 23.8 Å². The molecule has 0 bridgehead atoms. The predicted molar refractivity (Wildman–Crippen MR) is 160 cm³/mol. The van der Waals surface area contributed by atoms with Crippen molar-refractivity contribution >= 4 is 5.91 Å². The molecule has 42 heavy (non-hydrogen) atoms. The van der Waals surface area contributed by atoms with Crippen LogP contribution in [0.3, 0.4) is 0 Å². The SMILES string of the molecule is CCOC1(OC)C=CC(N(C(C)=O)C2=CC(OC)C(OCC)(OCc3ccccc3)C=C2)=CC1OCc1ccccc1. The predicted octanol–water partition coefficient (Wildman–Crippen LogP) is 5.67. The molecule has 2 aliphatic rings. The van der Waals surface area contributed by atoms with Crippen LogP contribution in [0.5, 0.6) is 0 Å². The van der Waals surface area contributed by atoms with Crippen molar-refractivity contribution in [3.63, 3.8) is 0 Å². The number of hydrogen-bond acceptors (Lipinski definition) is 7. The average molecular weight is 576 g/mol. The molecule has 4 atom stereocenters. The van der Waals surface area contributed by atoms with Gasteiger partial charge in [-0.3, -0.25) is 9.69 Å². The van der Waals surface area contributed by atoms with Gasteiger partial charge in [-0.25, -0.2) is 0 Å². The van der Waals surface area contributed by atoms with Crippen LogP contribution in [0.15, 0.2) is 109 Å². The Hall–Kier alpha value is -3.37. The summed E-state index contributed by atoms with van der Waals surface area (Å²) in [4.78, 5) is 14.8. The fraction of sp³-hybridized carbons (Fsp3) is 0.382. The van der Waals surface area contributed by atoms with Gasteiger partial charge in [0.2, 0.25) is 17.5 Å². The molecule has 224 valence electrons. The number of carbonyl (C=O) groups is 1. The van der Waals surface area contributed by atoms with Gasteiger partial charge in [0, 0.05) is 45.8 Å². The molecule has 4 rings (SSSR count). The van der Waals surface area contributed by atoms with Gasteiger partial charge < -0.3 is 28.4 Å². The maximum Gasteiger partial charge on any atom is 0.228 e. The molecular formula is C34H41NO7. The normalized spacial score (nSPS) is 25.2. The van der Waals surface area contributed by atoms with Gasteiger partial charge in [-0.1, -0.05) is 60.7 Å². The minimum Gasteiger partial charge on any atom is -0.371 e. The van der Waals surface area contributed by atoms with E-state index in [0.29, 0.717) is 37.8 Å². The van der Waals surface area contributed by atoms with Crippen molar-refractivity contribution in [2.45, 2.75) is 57.8 Å². The van der Waals surface area contributed by atoms with Gasteiger partial charge in [0.15, 0.2) is 0 Å². The van der Waals surface area contributed by atoms with Crippen LogP contribution < -0.4 is 0 Å². The van der Waals surface area contributed by atoms with Crippen molar-refractivity contribution in [3.8, 4) is 0 Å². The molecule has 2 aromatic rings. The van der Waals surface area contributed by atoms with Crippen LogP contribution in [-0.2, 0) is 46.4 Å². The third-order valence-electron chi connectivity index (χ3n) is 7.13. The van der Waals surface area contributed by atoms with E-state index in [4.69, 9.17) is 28.4 Å². The van der Waals surface area contributed by atoms with E-state index in [2.05, 4.69) is 0 Å². The van der Waals surface area contributed by atoms with E-state index in [1.165, 1.54) is 6.92 Å². The summed E-state index contributed by atoms with van der Waals surface area (Å²) >= 11 is 0. The molecule has 0 fully saturated rings. The van der Waals surface area contributed by atoms with Crippen molar-refractivity contribution in [3.05, 3.63) is 120 Å². The number of rotatable bonds is 14. The zero-order valence-corrected chi connectivity index (χ0v) is 25.0. The maximum absolute atomic E-state index is 13.1. The van der Waals surface area contributed by atoms with Gasteiger partial charge in [0.1, 0.15) is 12.2 Å². The van der Waals surface area contributed by atoms with Crippen molar-refractivity contribution in [1.29, 1.82) is 0 Å². The Kier molecular flexibility index (Phi) is 11.0. The Morgan fingerprint density at radius 1 is 0.738 bits per heavy atom. The maximum atomic E-state index is 13.1. The van der Waals surface area contributed by atoms with Crippen molar-refractivity contribution in [2.75, 3.05) is 27.4 Å². The Morgan fingerprint density at radius 2 is 1.26 bits per heavy atom. The Bertz CT molecular complexity index is 1290. The highest BCUT2D eigenvalue weighted by atomic mass is 16.7. The molecule has 2 aliphatic carbocycles. The van der Waals surface area contributed by atoms with E-state index in [-0.39, 0.29) is 5.91 Å². The Balaban J connectivity index is 1.63. The lowest BCUT2D eigenvalue weighted by molar-refractivity contribution is -0.252. The highest BCUT2D eigenvalue weighted by Gasteiger charge is 2.43. The van der Waals surface area contributed by atoms with Crippen LogP contribution >= 0.6 is 0 Å². The molecule has 2 aromatic carbocycles. The molecule has 0 spiro atoms. The number of hydrogen-bond donors (Lipinski definition) is 0. The van der Waals surface area contributed by atoms with Crippen LogP contribution in [0.4, 0.5) is 0 Å². The molecule has 0 aromatic heterocycles. The van der Waals surface area contributed by atoms with Gasteiger partial charge in [0.25, 0.3) is 0 Å². The molecule has 8 heteroatoms. The molecule has 0 saturated heterocycles. The quantitative estimate of drug-likeness (QED) is 0.269. The second-order valence-electron chi connectivity index (χ2n) is 9.86. The number of amides is 1. The lowest BCUT2D eigenvalue weighted by atomic mass is 9.98. The van der Waals surface area contributed by atoms with E-state index >= 15 is 0 Å². The van der Waals surface area contributed by atoms with Crippen molar-refractivity contribution in [2.24, 2.45) is 0 Å². The molecule has 0 radical (unpaired) electrons. The summed E-state index contributed by atoms with van der Waals surface area (Å²) in [6.45, 7) is 6.81. The minimum absolute atomic E-state index is 0.186. The number of ether oxygens (including phenoxy) is 6. The zero-order chi connectivity index (χ0) is 30.0. The van der Waals surface area contributed by atoms with E-state index in [9.17, 15) is 4.79 Å². The summed E-state index contributed by atoms with van der Waals surface area (Å²) in [5.74, 6) is -2.49. The fourth-order valence-electron chi connectivity index (χ4n) is 5.11. The standard InChI is InChI=1S/C34H41NO7/c1-6-40-33(38-5)20-18-30(23-32(33)39-24-27-14-10-8-11-15-27)35(26(3)36)29-19-21-34(41-7-2,31(22-29)37-4)42-25-28-16-12-9-13-17-28/h8-23,31-32H,6-7,24-25H2,1-5H3. The molecule has 0 saturated carbocycles. The lowest BCUT2D eigenvalue weighted by Gasteiger charge is -2.41. The summed E-state index contributed by atoms with van der Waals surface area (Å²) in [5, 5.41) is 0. The minimum atomic E-state index is -1.16. The second kappa shape index (κ2) is 14.7. The number of nitrogens with zero attached hydrogens (tertiary/aromatic N) is 1. The summed E-state index contributed by atoms with van der Waals surface area (Å²) in [5.41, 5.74) is 3.25. The molecular weight excluding hydrogens is 534 g/mol. The first kappa shape index (κ1) is 31.6. The van der Waals surface area contributed by atoms with Gasteiger partial charge in [-0.2, -0.15) is 0 Å². The smallest absolute Gasteiger partial charge is 0.228 e. The second-order valence-corrected chi connectivity index (χ2v) is 9.86. The molecule has 0 aliphatic heterocycles. The van der Waals surface area contributed by atoms with Gasteiger partial charge >= 0.3 is 0 Å². The zero-order valence-electron chi connectivity index (χ0n) is 25.0. The topological polar surface area (TPSA) is 75.7 Å². The molecule has 1 amide bonds. The number of methoxy groups -OCH3 is 2. The van der Waals surface area contributed by atoms with Gasteiger partial charge in [0.05, 0.1) is 13.2 Å². The Labute approximate surface area is 248 Å². The van der Waals surface area contributed by atoms with Crippen molar-refractivity contribution in [1.82, 2.24) is 4.90 Å².